The van der Waals surface area contributed by atoms with Gasteiger partial charge in [0.1, 0.15) is 0 Å². The van der Waals surface area contributed by atoms with Crippen LogP contribution in [0.25, 0.3) is 0 Å². The van der Waals surface area contributed by atoms with Gasteiger partial charge in [0.05, 0.1) is 0 Å². The van der Waals surface area contributed by atoms with Gasteiger partial charge in [-0.25, -0.2) is 4.79 Å². The van der Waals surface area contributed by atoms with Crippen LogP contribution in [0.4, 0.5) is 10.5 Å². The summed E-state index contributed by atoms with van der Waals surface area (Å²) in [5.74, 6) is -0.249. The minimum Gasteiger partial charge on any atom is -0.355 e. The van der Waals surface area contributed by atoms with E-state index in [-0.39, 0.29) is 17.8 Å². The molecule has 0 spiro atoms. The molecule has 7 nitrogen and oxygen atoms in total. The van der Waals surface area contributed by atoms with Crippen LogP contribution in [0.5, 0.6) is 0 Å². The van der Waals surface area contributed by atoms with Crippen molar-refractivity contribution < 1.29 is 14.4 Å². The second kappa shape index (κ2) is 7.90. The van der Waals surface area contributed by atoms with Gasteiger partial charge in [0.15, 0.2) is 0 Å². The summed E-state index contributed by atoms with van der Waals surface area (Å²) in [6, 6.07) is 14.1. The Kier molecular flexibility index (Phi) is 5.40. The van der Waals surface area contributed by atoms with E-state index in [4.69, 9.17) is 0 Å². The zero-order valence-electron chi connectivity index (χ0n) is 15.4. The lowest BCUT2D eigenvalue weighted by atomic mass is 10.1. The van der Waals surface area contributed by atoms with Crippen LogP contribution in [0.3, 0.4) is 0 Å². The minimum atomic E-state index is -0.141. The average Bonchev–Trinajstić information content (AvgIpc) is 3.13. The minimum absolute atomic E-state index is 0.109. The van der Waals surface area contributed by atoms with Gasteiger partial charge in [0.25, 0.3) is 11.8 Å². The fourth-order valence-electron chi connectivity index (χ4n) is 2.97. The Labute approximate surface area is 158 Å². The van der Waals surface area contributed by atoms with Gasteiger partial charge in [-0.1, -0.05) is 12.1 Å². The third-order valence-electron chi connectivity index (χ3n) is 4.49. The van der Waals surface area contributed by atoms with Gasteiger partial charge < -0.3 is 15.5 Å². The molecule has 0 radical (unpaired) electrons. The molecule has 7 heteroatoms. The van der Waals surface area contributed by atoms with Gasteiger partial charge in [-0.15, -0.1) is 0 Å². The van der Waals surface area contributed by atoms with Gasteiger partial charge in [-0.05, 0) is 42.0 Å². The van der Waals surface area contributed by atoms with Crippen LogP contribution in [0.15, 0.2) is 48.5 Å². The van der Waals surface area contributed by atoms with E-state index in [1.54, 1.807) is 60.3 Å². The standard InChI is InChI=1S/C20H22N4O3/c1-21-18(25)15-5-3-14(4-6-15)13-23(2)19(26)16-7-9-17(10-8-16)24-12-11-22-20(24)27/h3-10H,11-13H2,1-2H3,(H,21,25)(H,22,27). The number of nitrogens with one attached hydrogen (secondary N) is 2. The molecule has 140 valence electrons. The zero-order valence-corrected chi connectivity index (χ0v) is 15.4. The lowest BCUT2D eigenvalue weighted by Gasteiger charge is -2.19. The average molecular weight is 366 g/mol. The van der Waals surface area contributed by atoms with Crippen molar-refractivity contribution in [2.24, 2.45) is 0 Å². The van der Waals surface area contributed by atoms with E-state index in [1.807, 2.05) is 12.1 Å². The molecule has 0 atom stereocenters. The first-order valence-electron chi connectivity index (χ1n) is 8.71. The quantitative estimate of drug-likeness (QED) is 0.847. The molecule has 1 aliphatic heterocycles. The van der Waals surface area contributed by atoms with E-state index in [0.29, 0.717) is 30.8 Å². The molecule has 27 heavy (non-hydrogen) atoms. The van der Waals surface area contributed by atoms with Crippen molar-refractivity contribution in [2.75, 3.05) is 32.1 Å². The molecule has 0 saturated carbocycles. The van der Waals surface area contributed by atoms with Crippen LogP contribution in [-0.4, -0.2) is 49.9 Å². The molecule has 0 aromatic heterocycles. The van der Waals surface area contributed by atoms with Gasteiger partial charge >= 0.3 is 6.03 Å². The second-order valence-electron chi connectivity index (χ2n) is 6.37. The number of hydrogen-bond acceptors (Lipinski definition) is 3. The number of urea groups is 1. The van der Waals surface area contributed by atoms with Gasteiger partial charge in [-0.2, -0.15) is 0 Å². The topological polar surface area (TPSA) is 81.8 Å². The van der Waals surface area contributed by atoms with Crippen LogP contribution in [0.1, 0.15) is 26.3 Å². The smallest absolute Gasteiger partial charge is 0.321 e. The number of amides is 4. The molecule has 1 heterocycles. The summed E-state index contributed by atoms with van der Waals surface area (Å²) < 4.78 is 0. The largest absolute Gasteiger partial charge is 0.355 e. The summed E-state index contributed by atoms with van der Waals surface area (Å²) in [6.45, 7) is 1.68. The second-order valence-corrected chi connectivity index (χ2v) is 6.37. The van der Waals surface area contributed by atoms with Crippen molar-refractivity contribution in [1.29, 1.82) is 0 Å². The van der Waals surface area contributed by atoms with E-state index in [9.17, 15) is 14.4 Å². The Balaban J connectivity index is 1.64. The summed E-state index contributed by atoms with van der Waals surface area (Å²) in [4.78, 5) is 39.2. The highest BCUT2D eigenvalue weighted by molar-refractivity contribution is 5.97. The molecule has 0 aliphatic carbocycles. The maximum absolute atomic E-state index is 12.6. The molecule has 1 fully saturated rings. The zero-order chi connectivity index (χ0) is 19.4. The van der Waals surface area contributed by atoms with Gasteiger partial charge in [0, 0.05) is 50.5 Å². The molecule has 4 amide bonds. The first kappa shape index (κ1) is 18.4. The van der Waals surface area contributed by atoms with Crippen molar-refractivity contribution in [2.45, 2.75) is 6.54 Å². The molecule has 2 aromatic rings. The van der Waals surface area contributed by atoms with Crippen LogP contribution in [-0.2, 0) is 6.54 Å². The molecule has 2 N–H and O–H groups in total. The maximum atomic E-state index is 12.6. The van der Waals surface area contributed by atoms with E-state index in [0.717, 1.165) is 11.3 Å². The number of hydrogen-bond donors (Lipinski definition) is 2. The van der Waals surface area contributed by atoms with Crippen molar-refractivity contribution in [3.05, 3.63) is 65.2 Å². The highest BCUT2D eigenvalue weighted by Crippen LogP contribution is 2.18. The van der Waals surface area contributed by atoms with E-state index in [1.165, 1.54) is 0 Å². The van der Waals surface area contributed by atoms with E-state index < -0.39 is 0 Å². The van der Waals surface area contributed by atoms with E-state index in [2.05, 4.69) is 10.6 Å². The molecule has 2 aromatic carbocycles. The van der Waals surface area contributed by atoms with Crippen LogP contribution in [0, 0.1) is 0 Å². The highest BCUT2D eigenvalue weighted by atomic mass is 16.2. The van der Waals surface area contributed by atoms with Gasteiger partial charge in [0.2, 0.25) is 0 Å². The summed E-state index contributed by atoms with van der Waals surface area (Å²) in [6.07, 6.45) is 0. The number of benzene rings is 2. The lowest BCUT2D eigenvalue weighted by molar-refractivity contribution is 0.0784. The SMILES string of the molecule is CNC(=O)c1ccc(CN(C)C(=O)c2ccc(N3CCNC3=O)cc2)cc1. The molecular weight excluding hydrogens is 344 g/mol. The fourth-order valence-corrected chi connectivity index (χ4v) is 2.97. The van der Waals surface area contributed by atoms with Crippen molar-refractivity contribution in [3.8, 4) is 0 Å². The fraction of sp³-hybridized carbons (Fsp3) is 0.250. The summed E-state index contributed by atoms with van der Waals surface area (Å²) in [7, 11) is 3.32. The van der Waals surface area contributed by atoms with E-state index >= 15 is 0 Å². The molecular formula is C20H22N4O3. The Morgan fingerprint density at radius 3 is 2.26 bits per heavy atom. The summed E-state index contributed by atoms with van der Waals surface area (Å²) in [5.41, 5.74) is 2.84. The number of anilines is 1. The maximum Gasteiger partial charge on any atom is 0.321 e. The Morgan fingerprint density at radius 2 is 1.70 bits per heavy atom. The Morgan fingerprint density at radius 1 is 1.07 bits per heavy atom. The highest BCUT2D eigenvalue weighted by Gasteiger charge is 2.21. The number of rotatable bonds is 5. The predicted molar refractivity (Wildman–Crippen MR) is 103 cm³/mol. The van der Waals surface area contributed by atoms with Crippen molar-refractivity contribution in [1.82, 2.24) is 15.5 Å². The van der Waals surface area contributed by atoms with Crippen molar-refractivity contribution >= 4 is 23.5 Å². The number of nitrogens with zero attached hydrogens (tertiary/aromatic N) is 2. The third kappa shape index (κ3) is 4.08. The molecule has 0 unspecified atom stereocenters. The Hall–Kier alpha value is -3.35. The van der Waals surface area contributed by atoms with Crippen LogP contribution in [0.2, 0.25) is 0 Å². The lowest BCUT2D eigenvalue weighted by Crippen LogP contribution is -2.28. The number of carbonyl (C=O) groups excluding carboxylic acids is 3. The molecule has 0 bridgehead atoms. The van der Waals surface area contributed by atoms with Crippen LogP contribution >= 0.6 is 0 Å². The van der Waals surface area contributed by atoms with Crippen molar-refractivity contribution in [3.63, 3.8) is 0 Å². The third-order valence-corrected chi connectivity index (χ3v) is 4.49. The van der Waals surface area contributed by atoms with Crippen LogP contribution < -0.4 is 15.5 Å². The molecule has 3 rings (SSSR count). The first-order chi connectivity index (χ1) is 13.0. The monoisotopic (exact) mass is 366 g/mol. The number of carbonyl (C=O) groups is 3. The molecule has 1 saturated heterocycles. The normalized spacial score (nSPS) is 13.3. The first-order valence-corrected chi connectivity index (χ1v) is 8.71. The summed E-state index contributed by atoms with van der Waals surface area (Å²) in [5, 5.41) is 5.33. The predicted octanol–water partition coefficient (Wildman–Crippen LogP) is 1.85. The Bertz CT molecular complexity index is 847. The summed E-state index contributed by atoms with van der Waals surface area (Å²) >= 11 is 0. The van der Waals surface area contributed by atoms with Gasteiger partial charge in [-0.3, -0.25) is 14.5 Å². The molecule has 1 aliphatic rings.